The minimum atomic E-state index is 0.0913. The van der Waals surface area contributed by atoms with Crippen LogP contribution in [-0.4, -0.2) is 48.1 Å². The van der Waals surface area contributed by atoms with Crippen LogP contribution >= 0.6 is 0 Å². The van der Waals surface area contributed by atoms with Gasteiger partial charge in [0.15, 0.2) is 5.82 Å². The van der Waals surface area contributed by atoms with Gasteiger partial charge in [0.2, 0.25) is 5.91 Å². The molecule has 33 heavy (non-hydrogen) atoms. The molecule has 1 aliphatic heterocycles. The summed E-state index contributed by atoms with van der Waals surface area (Å²) in [6.07, 6.45) is 7.78. The molecular formula is C24H26N8O. The summed E-state index contributed by atoms with van der Waals surface area (Å²) in [6, 6.07) is 6.15. The van der Waals surface area contributed by atoms with Crippen LogP contribution in [0.4, 0.5) is 17.3 Å². The number of hydrogen-bond acceptors (Lipinski definition) is 7. The molecule has 0 fully saturated rings. The number of nitrogens with two attached hydrogens (primary N) is 1. The number of carbonyl (C=O) groups excluding carboxylic acids is 1. The zero-order valence-corrected chi connectivity index (χ0v) is 18.9. The quantitative estimate of drug-likeness (QED) is 0.498. The second-order valence-electron chi connectivity index (χ2n) is 8.62. The van der Waals surface area contributed by atoms with Crippen molar-refractivity contribution in [2.45, 2.75) is 39.8 Å². The van der Waals surface area contributed by atoms with E-state index in [0.29, 0.717) is 23.9 Å². The largest absolute Gasteiger partial charge is 0.397 e. The molecule has 0 spiro atoms. The number of amides is 1. The Hall–Kier alpha value is -4.01. The lowest BCUT2D eigenvalue weighted by Gasteiger charge is -2.24. The summed E-state index contributed by atoms with van der Waals surface area (Å²) in [6.45, 7) is 6.99. The van der Waals surface area contributed by atoms with Crippen molar-refractivity contribution < 1.29 is 4.79 Å². The molecule has 5 rings (SSSR count). The van der Waals surface area contributed by atoms with Gasteiger partial charge in [0.05, 0.1) is 17.6 Å². The Morgan fingerprint density at radius 1 is 1.03 bits per heavy atom. The minimum absolute atomic E-state index is 0.0913. The zero-order chi connectivity index (χ0) is 23.1. The number of nitrogen functional groups attached to an aromatic ring is 1. The van der Waals surface area contributed by atoms with Crippen molar-refractivity contribution in [1.82, 2.24) is 29.6 Å². The highest BCUT2D eigenvalue weighted by Gasteiger charge is 2.23. The molecule has 4 aromatic rings. The third-order valence-corrected chi connectivity index (χ3v) is 6.09. The van der Waals surface area contributed by atoms with Crippen molar-refractivity contribution in [1.29, 1.82) is 0 Å². The summed E-state index contributed by atoms with van der Waals surface area (Å²) in [4.78, 5) is 27.7. The van der Waals surface area contributed by atoms with Gasteiger partial charge in [-0.2, -0.15) is 5.10 Å². The van der Waals surface area contributed by atoms with E-state index in [4.69, 9.17) is 5.73 Å². The average molecular weight is 443 g/mol. The first-order chi connectivity index (χ1) is 15.9. The Labute approximate surface area is 191 Å². The number of pyridine rings is 3. The molecule has 168 valence electrons. The Bertz CT molecular complexity index is 1360. The molecule has 3 N–H and O–H groups in total. The van der Waals surface area contributed by atoms with E-state index in [2.05, 4.69) is 25.4 Å². The van der Waals surface area contributed by atoms with Crippen LogP contribution in [0.15, 0.2) is 43.0 Å². The Morgan fingerprint density at radius 2 is 1.85 bits per heavy atom. The van der Waals surface area contributed by atoms with Crippen molar-refractivity contribution in [3.8, 4) is 11.3 Å². The number of aromatic nitrogens is 5. The lowest BCUT2D eigenvalue weighted by Crippen LogP contribution is -2.38. The molecule has 4 aromatic heterocycles. The molecule has 0 saturated carbocycles. The highest BCUT2D eigenvalue weighted by atomic mass is 16.2. The first-order valence-electron chi connectivity index (χ1n) is 11.0. The van der Waals surface area contributed by atoms with E-state index < -0.39 is 0 Å². The molecule has 0 aliphatic carbocycles. The SMILES string of the molecule is Cc1c(N)cncc1-c1cc2cc(Nc3cc4n(n3)CC(=O)N(C(C)C)CC4)ncc2cn1. The van der Waals surface area contributed by atoms with Gasteiger partial charge >= 0.3 is 0 Å². The fraction of sp³-hybridized carbons (Fsp3) is 0.292. The number of anilines is 3. The Kier molecular flexibility index (Phi) is 5.16. The van der Waals surface area contributed by atoms with Crippen LogP contribution in [0.5, 0.6) is 0 Å². The van der Waals surface area contributed by atoms with Gasteiger partial charge in [-0.25, -0.2) is 4.98 Å². The Morgan fingerprint density at radius 3 is 2.67 bits per heavy atom. The van der Waals surface area contributed by atoms with E-state index in [0.717, 1.165) is 39.7 Å². The summed E-state index contributed by atoms with van der Waals surface area (Å²) < 4.78 is 1.78. The van der Waals surface area contributed by atoms with Crippen molar-refractivity contribution >= 4 is 34.0 Å². The van der Waals surface area contributed by atoms with E-state index in [-0.39, 0.29) is 18.5 Å². The van der Waals surface area contributed by atoms with Gasteiger partial charge in [0, 0.05) is 60.3 Å². The van der Waals surface area contributed by atoms with E-state index in [9.17, 15) is 4.79 Å². The summed E-state index contributed by atoms with van der Waals surface area (Å²) in [7, 11) is 0. The van der Waals surface area contributed by atoms with Crippen molar-refractivity contribution in [2.75, 3.05) is 17.6 Å². The first kappa shape index (κ1) is 20.9. The first-order valence-corrected chi connectivity index (χ1v) is 11.0. The lowest BCUT2D eigenvalue weighted by atomic mass is 10.0. The van der Waals surface area contributed by atoms with E-state index >= 15 is 0 Å². The summed E-state index contributed by atoms with van der Waals surface area (Å²) in [5.74, 6) is 1.44. The van der Waals surface area contributed by atoms with E-state index in [1.807, 2.05) is 43.9 Å². The lowest BCUT2D eigenvalue weighted by molar-refractivity contribution is -0.133. The smallest absolute Gasteiger partial charge is 0.244 e. The van der Waals surface area contributed by atoms with Gasteiger partial charge < -0.3 is 16.0 Å². The maximum absolute atomic E-state index is 12.5. The molecule has 0 radical (unpaired) electrons. The number of rotatable bonds is 4. The topological polar surface area (TPSA) is 115 Å². The summed E-state index contributed by atoms with van der Waals surface area (Å²) in [5, 5.41) is 9.80. The molecule has 1 amide bonds. The third-order valence-electron chi connectivity index (χ3n) is 6.09. The Balaban J connectivity index is 1.41. The molecule has 1 aliphatic rings. The third kappa shape index (κ3) is 3.97. The maximum Gasteiger partial charge on any atom is 0.244 e. The van der Waals surface area contributed by atoms with Crippen LogP contribution in [0.3, 0.4) is 0 Å². The second-order valence-corrected chi connectivity index (χ2v) is 8.62. The molecule has 9 heteroatoms. The average Bonchev–Trinajstić information content (AvgIpc) is 3.08. The van der Waals surface area contributed by atoms with E-state index in [1.54, 1.807) is 29.5 Å². The van der Waals surface area contributed by atoms with Gasteiger partial charge in [-0.1, -0.05) is 0 Å². The van der Waals surface area contributed by atoms with Gasteiger partial charge in [0.1, 0.15) is 12.4 Å². The highest BCUT2D eigenvalue weighted by molar-refractivity contribution is 5.87. The van der Waals surface area contributed by atoms with Crippen LogP contribution in [0, 0.1) is 6.92 Å². The van der Waals surface area contributed by atoms with Crippen molar-refractivity contribution in [3.63, 3.8) is 0 Å². The standard InChI is InChI=1S/C24H26N8O/c1-14(2)31-5-4-18-8-23(30-32(18)13-24(31)33)29-22-7-16-6-21(27-9-17(16)10-28-22)19-11-26-12-20(25)15(19)3/h6-12,14H,4-5,13,25H2,1-3H3,(H,28,29,30). The van der Waals surface area contributed by atoms with Crippen molar-refractivity contribution in [2.24, 2.45) is 0 Å². The maximum atomic E-state index is 12.5. The number of carbonyl (C=O) groups is 1. The van der Waals surface area contributed by atoms with Crippen LogP contribution in [-0.2, 0) is 17.8 Å². The van der Waals surface area contributed by atoms with Crippen molar-refractivity contribution in [3.05, 3.63) is 54.2 Å². The fourth-order valence-corrected chi connectivity index (χ4v) is 4.16. The summed E-state index contributed by atoms with van der Waals surface area (Å²) in [5.41, 5.74) is 10.4. The van der Waals surface area contributed by atoms with Gasteiger partial charge in [-0.15, -0.1) is 0 Å². The predicted molar refractivity (Wildman–Crippen MR) is 128 cm³/mol. The monoisotopic (exact) mass is 442 g/mol. The molecule has 0 atom stereocenters. The number of nitrogens with zero attached hydrogens (tertiary/aromatic N) is 6. The van der Waals surface area contributed by atoms with Crippen LogP contribution in [0.25, 0.3) is 22.0 Å². The second kappa shape index (κ2) is 8.16. The molecule has 0 bridgehead atoms. The molecule has 0 unspecified atom stereocenters. The molecule has 9 nitrogen and oxygen atoms in total. The minimum Gasteiger partial charge on any atom is -0.397 e. The molecule has 0 aromatic carbocycles. The number of nitrogens with one attached hydrogen (secondary N) is 1. The fourth-order valence-electron chi connectivity index (χ4n) is 4.16. The predicted octanol–water partition coefficient (Wildman–Crippen LogP) is 3.32. The van der Waals surface area contributed by atoms with Gasteiger partial charge in [-0.05, 0) is 43.9 Å². The summed E-state index contributed by atoms with van der Waals surface area (Å²) >= 11 is 0. The molecule has 5 heterocycles. The highest BCUT2D eigenvalue weighted by Crippen LogP contribution is 2.28. The normalized spacial score (nSPS) is 13.9. The number of hydrogen-bond donors (Lipinski definition) is 2. The molecular weight excluding hydrogens is 416 g/mol. The van der Waals surface area contributed by atoms with E-state index in [1.165, 1.54) is 0 Å². The van der Waals surface area contributed by atoms with Crippen LogP contribution < -0.4 is 11.1 Å². The van der Waals surface area contributed by atoms with Crippen LogP contribution in [0.1, 0.15) is 25.1 Å². The zero-order valence-electron chi connectivity index (χ0n) is 18.9. The van der Waals surface area contributed by atoms with Crippen LogP contribution in [0.2, 0.25) is 0 Å². The number of fused-ring (bicyclic) bond motifs is 2. The molecule has 0 saturated heterocycles. The van der Waals surface area contributed by atoms with Gasteiger partial charge in [0.25, 0.3) is 0 Å². The van der Waals surface area contributed by atoms with Gasteiger partial charge in [-0.3, -0.25) is 19.4 Å².